The predicted molar refractivity (Wildman–Crippen MR) is 105 cm³/mol. The Kier molecular flexibility index (Phi) is 7.47. The summed E-state index contributed by atoms with van der Waals surface area (Å²) in [5.74, 6) is 0.752. The topological polar surface area (TPSA) is 76.7 Å². The molecule has 8 heteroatoms. The molecule has 0 saturated heterocycles. The number of carbonyl (C=O) groups is 2. The van der Waals surface area contributed by atoms with Gasteiger partial charge in [0.2, 0.25) is 0 Å². The fourth-order valence-corrected chi connectivity index (χ4v) is 3.48. The van der Waals surface area contributed by atoms with Crippen LogP contribution in [0.4, 0.5) is 0 Å². The van der Waals surface area contributed by atoms with Crippen molar-refractivity contribution in [2.75, 3.05) is 13.7 Å². The average Bonchev–Trinajstić information content (AvgIpc) is 3.05. The van der Waals surface area contributed by atoms with E-state index in [1.165, 1.54) is 18.4 Å². The van der Waals surface area contributed by atoms with Crippen molar-refractivity contribution in [3.05, 3.63) is 44.6 Å². The molecule has 0 atom stereocenters. The molecule has 2 aromatic rings. The minimum atomic E-state index is -0.446. The van der Waals surface area contributed by atoms with Crippen LogP contribution < -0.4 is 20.3 Å². The molecular weight excluding hydrogens is 420 g/mol. The van der Waals surface area contributed by atoms with Crippen molar-refractivity contribution >= 4 is 39.1 Å². The Labute approximate surface area is 165 Å². The highest BCUT2D eigenvalue weighted by Crippen LogP contribution is 2.28. The quantitative estimate of drug-likeness (QED) is 0.637. The number of thiophene rings is 1. The molecule has 0 spiro atoms. The van der Waals surface area contributed by atoms with E-state index in [2.05, 4.69) is 40.6 Å². The van der Waals surface area contributed by atoms with Crippen LogP contribution in [-0.2, 0) is 0 Å². The molecule has 0 bridgehead atoms. The molecule has 1 aromatic heterocycles. The first-order valence-corrected chi connectivity index (χ1v) is 9.74. The van der Waals surface area contributed by atoms with Crippen molar-refractivity contribution < 1.29 is 19.1 Å². The molecule has 26 heavy (non-hydrogen) atoms. The summed E-state index contributed by atoms with van der Waals surface area (Å²) in [4.78, 5) is 24.8. The lowest BCUT2D eigenvalue weighted by Crippen LogP contribution is -2.41. The Morgan fingerprint density at radius 2 is 1.88 bits per heavy atom. The van der Waals surface area contributed by atoms with Crippen LogP contribution in [-0.4, -0.2) is 25.5 Å². The molecule has 1 heterocycles. The van der Waals surface area contributed by atoms with Gasteiger partial charge in [0.1, 0.15) is 4.88 Å². The summed E-state index contributed by atoms with van der Waals surface area (Å²) in [7, 11) is 1.52. The fourth-order valence-electron chi connectivity index (χ4n) is 2.03. The molecule has 6 nitrogen and oxygen atoms in total. The van der Waals surface area contributed by atoms with Gasteiger partial charge in [0.05, 0.1) is 13.7 Å². The molecule has 2 rings (SSSR count). The van der Waals surface area contributed by atoms with E-state index in [9.17, 15) is 9.59 Å². The molecule has 2 amide bonds. The van der Waals surface area contributed by atoms with Gasteiger partial charge in [-0.2, -0.15) is 0 Å². The summed E-state index contributed by atoms with van der Waals surface area (Å²) in [5.41, 5.74) is 5.14. The molecule has 0 unspecified atom stereocenters. The van der Waals surface area contributed by atoms with Crippen molar-refractivity contribution in [2.24, 2.45) is 5.92 Å². The summed E-state index contributed by atoms with van der Waals surface area (Å²) < 4.78 is 11.7. The number of hydrazine groups is 1. The van der Waals surface area contributed by atoms with E-state index < -0.39 is 5.91 Å². The van der Waals surface area contributed by atoms with E-state index in [0.29, 0.717) is 38.9 Å². The number of rotatable bonds is 7. The lowest BCUT2D eigenvalue weighted by atomic mass is 10.1. The van der Waals surface area contributed by atoms with E-state index >= 15 is 0 Å². The largest absolute Gasteiger partial charge is 0.493 e. The van der Waals surface area contributed by atoms with Gasteiger partial charge < -0.3 is 9.47 Å². The van der Waals surface area contributed by atoms with Gasteiger partial charge in [0.15, 0.2) is 11.5 Å². The van der Waals surface area contributed by atoms with Crippen LogP contribution in [0.2, 0.25) is 0 Å². The summed E-state index contributed by atoms with van der Waals surface area (Å²) in [5, 5.41) is 1.78. The average molecular weight is 441 g/mol. The monoisotopic (exact) mass is 440 g/mol. The first kappa shape index (κ1) is 20.3. The molecule has 1 aromatic carbocycles. The van der Waals surface area contributed by atoms with Gasteiger partial charge >= 0.3 is 0 Å². The highest BCUT2D eigenvalue weighted by atomic mass is 79.9. The molecule has 2 N–H and O–H groups in total. The Hall–Kier alpha value is -2.06. The first-order valence-electron chi connectivity index (χ1n) is 8.07. The number of hydrogen-bond acceptors (Lipinski definition) is 5. The van der Waals surface area contributed by atoms with Gasteiger partial charge in [0, 0.05) is 10.0 Å². The number of ether oxygens (including phenoxy) is 2. The second kappa shape index (κ2) is 9.59. The van der Waals surface area contributed by atoms with Crippen LogP contribution in [0.25, 0.3) is 0 Å². The summed E-state index contributed by atoms with van der Waals surface area (Å²) in [6, 6.07) is 6.65. The maximum absolute atomic E-state index is 12.3. The number of halogens is 1. The third-order valence-corrected chi connectivity index (χ3v) is 5.33. The summed E-state index contributed by atoms with van der Waals surface area (Å²) in [6.45, 7) is 4.82. The predicted octanol–water partition coefficient (Wildman–Crippen LogP) is 4.02. The lowest BCUT2D eigenvalue weighted by Gasteiger charge is -2.13. The second-order valence-corrected chi connectivity index (χ2v) is 7.67. The van der Waals surface area contributed by atoms with E-state index in [1.54, 1.807) is 29.6 Å². The van der Waals surface area contributed by atoms with Gasteiger partial charge in [0.25, 0.3) is 11.8 Å². The number of carbonyl (C=O) groups excluding carboxylic acids is 2. The molecule has 0 aliphatic rings. The lowest BCUT2D eigenvalue weighted by molar-refractivity contribution is 0.0848. The van der Waals surface area contributed by atoms with E-state index in [4.69, 9.17) is 9.47 Å². The summed E-state index contributed by atoms with van der Waals surface area (Å²) >= 11 is 4.56. The fraction of sp³-hybridized carbons (Fsp3) is 0.333. The third kappa shape index (κ3) is 5.47. The zero-order valence-electron chi connectivity index (χ0n) is 14.8. The molecule has 0 saturated carbocycles. The van der Waals surface area contributed by atoms with Gasteiger partial charge in [-0.3, -0.25) is 20.4 Å². The number of amides is 2. The Morgan fingerprint density at radius 3 is 2.50 bits per heavy atom. The van der Waals surface area contributed by atoms with Crippen LogP contribution in [0.1, 0.15) is 40.3 Å². The molecule has 0 aliphatic carbocycles. The van der Waals surface area contributed by atoms with Crippen molar-refractivity contribution in [1.82, 2.24) is 10.9 Å². The molecular formula is C18H21BrN2O4S. The van der Waals surface area contributed by atoms with Crippen molar-refractivity contribution in [3.63, 3.8) is 0 Å². The second-order valence-electron chi connectivity index (χ2n) is 5.90. The van der Waals surface area contributed by atoms with Crippen molar-refractivity contribution in [3.8, 4) is 11.5 Å². The number of methoxy groups -OCH3 is 1. The highest BCUT2D eigenvalue weighted by molar-refractivity contribution is 9.10. The standard InChI is InChI=1S/C18H21BrN2O4S/c1-11(2)6-8-25-14-5-4-12(10-15(14)24-3)17(22)20-21-18(23)16-13(19)7-9-26-16/h4-5,7,9-11H,6,8H2,1-3H3,(H,20,22)(H,21,23). The van der Waals surface area contributed by atoms with Crippen LogP contribution in [0.5, 0.6) is 11.5 Å². The Bertz CT molecular complexity index is 776. The Morgan fingerprint density at radius 1 is 1.15 bits per heavy atom. The van der Waals surface area contributed by atoms with Crippen LogP contribution in [0.15, 0.2) is 34.1 Å². The van der Waals surface area contributed by atoms with Crippen molar-refractivity contribution in [2.45, 2.75) is 20.3 Å². The first-order chi connectivity index (χ1) is 12.4. The minimum Gasteiger partial charge on any atom is -0.493 e. The van der Waals surface area contributed by atoms with Crippen LogP contribution in [0.3, 0.4) is 0 Å². The van der Waals surface area contributed by atoms with E-state index in [-0.39, 0.29) is 5.91 Å². The zero-order chi connectivity index (χ0) is 19.1. The molecule has 0 radical (unpaired) electrons. The number of nitrogens with one attached hydrogen (secondary N) is 2. The third-order valence-electron chi connectivity index (χ3n) is 3.49. The Balaban J connectivity index is 1.98. The SMILES string of the molecule is COc1cc(C(=O)NNC(=O)c2sccc2Br)ccc1OCCC(C)C. The van der Waals surface area contributed by atoms with Gasteiger partial charge in [-0.05, 0) is 57.9 Å². The summed E-state index contributed by atoms with van der Waals surface area (Å²) in [6.07, 6.45) is 0.926. The maximum atomic E-state index is 12.3. The van der Waals surface area contributed by atoms with E-state index in [0.717, 1.165) is 6.42 Å². The zero-order valence-corrected chi connectivity index (χ0v) is 17.2. The molecule has 0 fully saturated rings. The smallest absolute Gasteiger partial charge is 0.280 e. The highest BCUT2D eigenvalue weighted by Gasteiger charge is 2.15. The van der Waals surface area contributed by atoms with Crippen LogP contribution in [0, 0.1) is 5.92 Å². The maximum Gasteiger partial charge on any atom is 0.280 e. The molecule has 0 aliphatic heterocycles. The minimum absolute atomic E-state index is 0.351. The van der Waals surface area contributed by atoms with Gasteiger partial charge in [-0.1, -0.05) is 13.8 Å². The normalized spacial score (nSPS) is 10.5. The van der Waals surface area contributed by atoms with Crippen molar-refractivity contribution in [1.29, 1.82) is 0 Å². The van der Waals surface area contributed by atoms with E-state index in [1.807, 2.05) is 0 Å². The number of benzene rings is 1. The van der Waals surface area contributed by atoms with Crippen LogP contribution >= 0.6 is 27.3 Å². The van der Waals surface area contributed by atoms with Gasteiger partial charge in [-0.15, -0.1) is 11.3 Å². The van der Waals surface area contributed by atoms with Gasteiger partial charge in [-0.25, -0.2) is 0 Å². The molecule has 140 valence electrons. The number of hydrogen-bond donors (Lipinski definition) is 2.